The smallest absolute Gasteiger partial charge is 0.338 e. The van der Waals surface area contributed by atoms with E-state index in [2.05, 4.69) is 17.0 Å². The molecule has 2 spiro atoms. The molecule has 4 fully saturated rings. The predicted molar refractivity (Wildman–Crippen MR) is 107 cm³/mol. The zero-order chi connectivity index (χ0) is 20.3. The third kappa shape index (κ3) is 1.95. The van der Waals surface area contributed by atoms with Crippen LogP contribution in [0, 0.1) is 5.92 Å². The van der Waals surface area contributed by atoms with Gasteiger partial charge in [-0.15, -0.1) is 0 Å². The Morgan fingerprint density at radius 2 is 2.17 bits per heavy atom. The molecule has 3 heterocycles. The molecule has 1 aromatic rings. The molecule has 2 saturated heterocycles. The first-order valence-electron chi connectivity index (χ1n) is 11.6. The highest BCUT2D eigenvalue weighted by Crippen LogP contribution is 2.69. The molecule has 5 unspecified atom stereocenters. The summed E-state index contributed by atoms with van der Waals surface area (Å²) in [5.74, 6) is 1.38. The van der Waals surface area contributed by atoms with Crippen LogP contribution >= 0.6 is 0 Å². The second-order valence-electron chi connectivity index (χ2n) is 10.3. The van der Waals surface area contributed by atoms with Gasteiger partial charge in [-0.3, -0.25) is 4.90 Å². The molecule has 6 aliphatic rings. The number of likely N-dealkylation sites (tertiary alicyclic amines) is 1. The number of benzene rings is 1. The molecule has 0 aromatic heterocycles. The predicted octanol–water partition coefficient (Wildman–Crippen LogP) is 1.95. The highest BCUT2D eigenvalue weighted by Gasteiger charge is 2.82. The first kappa shape index (κ1) is 18.0. The topological polar surface area (TPSA) is 71.5 Å². The molecule has 6 atom stereocenters. The maximum atomic E-state index is 12.6. The van der Waals surface area contributed by atoms with Crippen molar-refractivity contribution in [1.82, 2.24) is 4.90 Å². The molecule has 3 aliphatic heterocycles. The summed E-state index contributed by atoms with van der Waals surface area (Å²) in [5, 5.41) is 12.4. The van der Waals surface area contributed by atoms with Crippen LogP contribution in [0.4, 0.5) is 0 Å². The Morgan fingerprint density at radius 3 is 2.97 bits per heavy atom. The Kier molecular flexibility index (Phi) is 3.35. The van der Waals surface area contributed by atoms with Crippen LogP contribution in [0.1, 0.15) is 50.2 Å². The average Bonchev–Trinajstić information content (AvgIpc) is 3.63. The number of carbonyl (C=O) groups excluding carboxylic acids is 1. The van der Waals surface area contributed by atoms with Crippen LogP contribution in [0.25, 0.3) is 0 Å². The van der Waals surface area contributed by atoms with Gasteiger partial charge in [0.1, 0.15) is 17.5 Å². The van der Waals surface area contributed by atoms with Gasteiger partial charge in [0.2, 0.25) is 0 Å². The number of rotatable bonds is 4. The fourth-order valence-corrected chi connectivity index (χ4v) is 7.52. The van der Waals surface area contributed by atoms with Gasteiger partial charge in [-0.2, -0.15) is 0 Å². The minimum absolute atomic E-state index is 0.107. The summed E-state index contributed by atoms with van der Waals surface area (Å²) in [7, 11) is 0. The van der Waals surface area contributed by atoms with Crippen LogP contribution in [0.5, 0.6) is 5.75 Å². The zero-order valence-electron chi connectivity index (χ0n) is 17.4. The zero-order valence-corrected chi connectivity index (χ0v) is 17.4. The van der Waals surface area contributed by atoms with Crippen molar-refractivity contribution in [3.63, 3.8) is 0 Å². The summed E-state index contributed by atoms with van der Waals surface area (Å²) in [4.78, 5) is 15.1. The van der Waals surface area contributed by atoms with Crippen molar-refractivity contribution in [2.75, 3.05) is 19.7 Å². The summed E-state index contributed by atoms with van der Waals surface area (Å²) >= 11 is 0. The fourth-order valence-electron chi connectivity index (χ4n) is 7.52. The van der Waals surface area contributed by atoms with Crippen molar-refractivity contribution >= 4 is 5.97 Å². The summed E-state index contributed by atoms with van der Waals surface area (Å²) in [6, 6.07) is 6.41. The molecule has 1 aromatic carbocycles. The van der Waals surface area contributed by atoms with Crippen molar-refractivity contribution < 1.29 is 24.1 Å². The van der Waals surface area contributed by atoms with Crippen molar-refractivity contribution in [2.45, 2.75) is 80.3 Å². The monoisotopic (exact) mass is 411 g/mol. The van der Waals surface area contributed by atoms with Gasteiger partial charge in [-0.25, -0.2) is 4.79 Å². The minimum Gasteiger partial charge on any atom is -0.486 e. The van der Waals surface area contributed by atoms with Gasteiger partial charge in [0.25, 0.3) is 0 Å². The fraction of sp³-hybridized carbons (Fsp3) is 0.708. The first-order chi connectivity index (χ1) is 14.5. The van der Waals surface area contributed by atoms with E-state index in [0.29, 0.717) is 19.4 Å². The second kappa shape index (κ2) is 5.59. The maximum Gasteiger partial charge on any atom is 0.338 e. The van der Waals surface area contributed by atoms with Crippen molar-refractivity contribution in [3.8, 4) is 5.75 Å². The minimum atomic E-state index is -0.846. The van der Waals surface area contributed by atoms with Gasteiger partial charge in [-0.05, 0) is 69.5 Å². The number of epoxide rings is 1. The Morgan fingerprint density at radius 1 is 1.30 bits per heavy atom. The molecule has 1 N–H and O–H groups in total. The van der Waals surface area contributed by atoms with Gasteiger partial charge >= 0.3 is 5.97 Å². The molecule has 2 saturated carbocycles. The van der Waals surface area contributed by atoms with Gasteiger partial charge in [-0.1, -0.05) is 12.1 Å². The largest absolute Gasteiger partial charge is 0.486 e. The van der Waals surface area contributed by atoms with Gasteiger partial charge in [0.15, 0.2) is 6.10 Å². The summed E-state index contributed by atoms with van der Waals surface area (Å²) < 4.78 is 18.0. The van der Waals surface area contributed by atoms with E-state index in [0.717, 1.165) is 37.6 Å². The Bertz CT molecular complexity index is 946. The molecule has 3 aliphatic carbocycles. The molecule has 30 heavy (non-hydrogen) atoms. The van der Waals surface area contributed by atoms with Crippen molar-refractivity contribution in [2.24, 2.45) is 5.92 Å². The summed E-state index contributed by atoms with van der Waals surface area (Å²) in [6.07, 6.45) is 4.72. The lowest BCUT2D eigenvalue weighted by Crippen LogP contribution is -2.78. The number of piperidine rings is 1. The number of aliphatic hydroxyl groups is 1. The maximum absolute atomic E-state index is 12.6. The molecular weight excluding hydrogens is 382 g/mol. The molecule has 6 nitrogen and oxygen atoms in total. The Balaban J connectivity index is 1.35. The summed E-state index contributed by atoms with van der Waals surface area (Å²) in [5.41, 5.74) is 0.477. The molecule has 0 radical (unpaired) electrons. The lowest BCUT2D eigenvalue weighted by molar-refractivity contribution is -0.201. The van der Waals surface area contributed by atoms with E-state index in [-0.39, 0.29) is 18.1 Å². The van der Waals surface area contributed by atoms with Gasteiger partial charge in [0, 0.05) is 18.2 Å². The molecular formula is C24H29NO5. The quantitative estimate of drug-likeness (QED) is 0.603. The normalized spacial score (nSPS) is 45.1. The van der Waals surface area contributed by atoms with E-state index in [1.54, 1.807) is 0 Å². The van der Waals surface area contributed by atoms with Crippen molar-refractivity contribution in [3.05, 3.63) is 29.3 Å². The van der Waals surface area contributed by atoms with Crippen LogP contribution in [0.15, 0.2) is 18.2 Å². The average molecular weight is 411 g/mol. The van der Waals surface area contributed by atoms with Crippen molar-refractivity contribution in [1.29, 1.82) is 0 Å². The van der Waals surface area contributed by atoms with E-state index in [1.165, 1.54) is 24.0 Å². The second-order valence-corrected chi connectivity index (χ2v) is 10.3. The van der Waals surface area contributed by atoms with Gasteiger partial charge < -0.3 is 19.3 Å². The number of carbonyl (C=O) groups is 1. The van der Waals surface area contributed by atoms with Gasteiger partial charge in [0.05, 0.1) is 17.6 Å². The molecule has 7 rings (SSSR count). The third-order valence-electron chi connectivity index (χ3n) is 8.98. The number of hydrogen-bond acceptors (Lipinski definition) is 6. The third-order valence-corrected chi connectivity index (χ3v) is 8.98. The highest BCUT2D eigenvalue weighted by molar-refractivity contribution is 5.80. The van der Waals surface area contributed by atoms with E-state index in [1.807, 2.05) is 13.0 Å². The molecule has 160 valence electrons. The van der Waals surface area contributed by atoms with E-state index in [9.17, 15) is 9.90 Å². The Labute approximate surface area is 176 Å². The number of hydrogen-bond donors (Lipinski definition) is 1. The number of ether oxygens (including phenoxy) is 3. The highest BCUT2D eigenvalue weighted by atomic mass is 16.7. The lowest BCUT2D eigenvalue weighted by atomic mass is 9.47. The van der Waals surface area contributed by atoms with E-state index >= 15 is 0 Å². The number of nitrogens with zero attached hydrogens (tertiary/aromatic N) is 1. The molecule has 6 heteroatoms. The molecule has 2 bridgehead atoms. The van der Waals surface area contributed by atoms with E-state index in [4.69, 9.17) is 14.2 Å². The molecule has 0 amide bonds. The number of fused-ring (bicyclic) bond motifs is 1. The van der Waals surface area contributed by atoms with Crippen LogP contribution < -0.4 is 4.74 Å². The van der Waals surface area contributed by atoms with Crippen LogP contribution in [-0.4, -0.2) is 65.1 Å². The Hall–Kier alpha value is -1.63. The SMILES string of the molecule is CCOC(=O)[C@@H]1OC12CCC1(O)C3Cc4cccc5c4C1(CCN3CC1CC1)C2O5. The standard InChI is InChI=1S/C24H29NO5/c1-2-28-20(26)19-23(30-19)8-9-24(27)17-12-15-4-3-5-16-18(15)22(24,21(23)29-16)10-11-25(17)13-14-6-7-14/h3-5,14,17,19,21,27H,2,6-13H2,1H3/t17?,19-,21?,22?,23?,24?/m0/s1. The number of esters is 1. The van der Waals surface area contributed by atoms with Crippen LogP contribution in [-0.2, 0) is 26.1 Å². The van der Waals surface area contributed by atoms with Crippen LogP contribution in [0.2, 0.25) is 0 Å². The van der Waals surface area contributed by atoms with E-state index < -0.39 is 22.7 Å². The summed E-state index contributed by atoms with van der Waals surface area (Å²) in [6.45, 7) is 4.23. The first-order valence-corrected chi connectivity index (χ1v) is 11.6. The van der Waals surface area contributed by atoms with Crippen LogP contribution in [0.3, 0.4) is 0 Å². The lowest BCUT2D eigenvalue weighted by Gasteiger charge is -2.64.